The molecule has 1 heterocycles. The molecule has 25 heavy (non-hydrogen) atoms. The maximum Gasteiger partial charge on any atom is 0.229 e. The summed E-state index contributed by atoms with van der Waals surface area (Å²) in [7, 11) is 1.58. The molecule has 0 saturated heterocycles. The molecular weight excluding hydrogens is 359 g/mol. The van der Waals surface area contributed by atoms with E-state index in [0.29, 0.717) is 27.6 Å². The first-order chi connectivity index (χ1) is 12.0. The predicted molar refractivity (Wildman–Crippen MR) is 103 cm³/mol. The Kier molecular flexibility index (Phi) is 5.26. The molecule has 3 rings (SSSR count). The molecule has 0 aliphatic carbocycles. The molecule has 0 spiro atoms. The molecule has 0 saturated carbocycles. The molecule has 3 aromatic rings. The van der Waals surface area contributed by atoms with Crippen LogP contribution >= 0.6 is 23.2 Å². The molecule has 0 aliphatic rings. The summed E-state index contributed by atoms with van der Waals surface area (Å²) >= 11 is 12.3. The van der Waals surface area contributed by atoms with Gasteiger partial charge in [-0.05, 0) is 37.3 Å². The quantitative estimate of drug-likeness (QED) is 0.609. The first-order valence-electron chi connectivity index (χ1n) is 7.53. The molecule has 128 valence electrons. The molecule has 5 nitrogen and oxygen atoms in total. The van der Waals surface area contributed by atoms with Crippen molar-refractivity contribution in [3.8, 4) is 5.75 Å². The summed E-state index contributed by atoms with van der Waals surface area (Å²) in [6.45, 7) is 1.89. The fraction of sp³-hybridized carbons (Fsp3) is 0.111. The average Bonchev–Trinajstić information content (AvgIpc) is 2.57. The molecule has 7 heteroatoms. The fourth-order valence-corrected chi connectivity index (χ4v) is 2.70. The zero-order valence-corrected chi connectivity index (χ0v) is 15.2. The summed E-state index contributed by atoms with van der Waals surface area (Å²) in [5.41, 5.74) is 2.35. The van der Waals surface area contributed by atoms with Crippen LogP contribution in [-0.4, -0.2) is 17.1 Å². The highest BCUT2D eigenvalue weighted by Gasteiger charge is 2.07. The zero-order chi connectivity index (χ0) is 17.8. The van der Waals surface area contributed by atoms with E-state index in [4.69, 9.17) is 27.9 Å². The van der Waals surface area contributed by atoms with Crippen LogP contribution in [0, 0.1) is 6.92 Å². The standard InChI is InChI=1S/C18H16Cl2N4O/c1-11-9-17(22-12-7-8-16(25-2)14(20)10-12)24-18(21-11)23-15-6-4-3-5-13(15)19/h3-10H,1-2H3,(H2,21,22,23,24). The van der Waals surface area contributed by atoms with Crippen LogP contribution in [0.1, 0.15) is 5.69 Å². The lowest BCUT2D eigenvalue weighted by molar-refractivity contribution is 0.415. The number of para-hydroxylation sites is 1. The third-order valence-corrected chi connectivity index (χ3v) is 4.02. The summed E-state index contributed by atoms with van der Waals surface area (Å²) in [5, 5.41) is 7.46. The Balaban J connectivity index is 1.84. The Morgan fingerprint density at radius 3 is 2.44 bits per heavy atom. The van der Waals surface area contributed by atoms with Gasteiger partial charge in [0.1, 0.15) is 11.6 Å². The van der Waals surface area contributed by atoms with Crippen molar-refractivity contribution in [1.29, 1.82) is 0 Å². The van der Waals surface area contributed by atoms with Gasteiger partial charge in [-0.15, -0.1) is 0 Å². The molecule has 2 aromatic carbocycles. The lowest BCUT2D eigenvalue weighted by Gasteiger charge is -2.11. The number of halogens is 2. The maximum absolute atomic E-state index is 6.17. The van der Waals surface area contributed by atoms with E-state index in [2.05, 4.69) is 20.6 Å². The van der Waals surface area contributed by atoms with Crippen molar-refractivity contribution in [2.45, 2.75) is 6.92 Å². The Morgan fingerprint density at radius 1 is 0.920 bits per heavy atom. The van der Waals surface area contributed by atoms with Crippen LogP contribution in [0.25, 0.3) is 0 Å². The number of nitrogens with one attached hydrogen (secondary N) is 2. The van der Waals surface area contributed by atoms with E-state index in [-0.39, 0.29) is 0 Å². The summed E-state index contributed by atoms with van der Waals surface area (Å²) in [6.07, 6.45) is 0. The molecular formula is C18H16Cl2N4O. The van der Waals surface area contributed by atoms with Crippen molar-refractivity contribution < 1.29 is 4.74 Å². The van der Waals surface area contributed by atoms with Crippen molar-refractivity contribution in [2.24, 2.45) is 0 Å². The Bertz CT molecular complexity index is 902. The van der Waals surface area contributed by atoms with Gasteiger partial charge in [-0.1, -0.05) is 35.3 Å². The van der Waals surface area contributed by atoms with Gasteiger partial charge in [-0.3, -0.25) is 0 Å². The van der Waals surface area contributed by atoms with Crippen molar-refractivity contribution in [3.63, 3.8) is 0 Å². The molecule has 0 amide bonds. The highest BCUT2D eigenvalue weighted by molar-refractivity contribution is 6.33. The Hall–Kier alpha value is -2.50. The minimum absolute atomic E-state index is 0.454. The van der Waals surface area contributed by atoms with Gasteiger partial charge in [0.2, 0.25) is 5.95 Å². The van der Waals surface area contributed by atoms with Crippen LogP contribution < -0.4 is 15.4 Å². The highest BCUT2D eigenvalue weighted by Crippen LogP contribution is 2.29. The number of methoxy groups -OCH3 is 1. The summed E-state index contributed by atoms with van der Waals surface area (Å²) in [6, 6.07) is 14.7. The second-order valence-corrected chi connectivity index (χ2v) is 6.11. The summed E-state index contributed by atoms with van der Waals surface area (Å²) < 4.78 is 5.16. The van der Waals surface area contributed by atoms with Crippen LogP contribution in [-0.2, 0) is 0 Å². The molecule has 0 unspecified atom stereocenters. The van der Waals surface area contributed by atoms with Crippen LogP contribution in [0.5, 0.6) is 5.75 Å². The lowest BCUT2D eigenvalue weighted by atomic mass is 10.3. The maximum atomic E-state index is 6.17. The number of nitrogens with zero attached hydrogens (tertiary/aromatic N) is 2. The minimum atomic E-state index is 0.454. The third-order valence-electron chi connectivity index (χ3n) is 3.40. The molecule has 0 atom stereocenters. The number of anilines is 4. The number of rotatable bonds is 5. The van der Waals surface area contributed by atoms with E-state index in [1.54, 1.807) is 25.3 Å². The largest absolute Gasteiger partial charge is 0.495 e. The molecule has 2 N–H and O–H groups in total. The number of benzene rings is 2. The number of aryl methyl sites for hydroxylation is 1. The fourth-order valence-electron chi connectivity index (χ4n) is 2.26. The molecule has 0 fully saturated rings. The second kappa shape index (κ2) is 7.59. The third kappa shape index (κ3) is 4.32. The lowest BCUT2D eigenvalue weighted by Crippen LogP contribution is -2.02. The Morgan fingerprint density at radius 2 is 1.72 bits per heavy atom. The molecule has 0 bridgehead atoms. The molecule has 0 aliphatic heterocycles. The van der Waals surface area contributed by atoms with Gasteiger partial charge in [-0.25, -0.2) is 4.98 Å². The number of hydrogen-bond acceptors (Lipinski definition) is 5. The number of aromatic nitrogens is 2. The number of hydrogen-bond donors (Lipinski definition) is 2. The average molecular weight is 375 g/mol. The van der Waals surface area contributed by atoms with Crippen LogP contribution in [0.15, 0.2) is 48.5 Å². The Labute approximate surface area is 156 Å². The summed E-state index contributed by atoms with van der Waals surface area (Å²) in [4.78, 5) is 8.86. The van der Waals surface area contributed by atoms with E-state index in [9.17, 15) is 0 Å². The van der Waals surface area contributed by atoms with Gasteiger partial charge in [-0.2, -0.15) is 4.98 Å². The topological polar surface area (TPSA) is 59.1 Å². The van der Waals surface area contributed by atoms with Crippen LogP contribution in [0.3, 0.4) is 0 Å². The van der Waals surface area contributed by atoms with Crippen LogP contribution in [0.4, 0.5) is 23.1 Å². The van der Waals surface area contributed by atoms with Crippen molar-refractivity contribution in [1.82, 2.24) is 9.97 Å². The van der Waals surface area contributed by atoms with Gasteiger partial charge in [0.05, 0.1) is 22.8 Å². The first kappa shape index (κ1) is 17.3. The van der Waals surface area contributed by atoms with Crippen LogP contribution in [0.2, 0.25) is 10.0 Å². The van der Waals surface area contributed by atoms with Gasteiger partial charge in [0.25, 0.3) is 0 Å². The van der Waals surface area contributed by atoms with E-state index < -0.39 is 0 Å². The zero-order valence-electron chi connectivity index (χ0n) is 13.7. The van der Waals surface area contributed by atoms with Gasteiger partial charge < -0.3 is 15.4 Å². The van der Waals surface area contributed by atoms with Gasteiger partial charge in [0, 0.05) is 17.4 Å². The monoisotopic (exact) mass is 374 g/mol. The second-order valence-electron chi connectivity index (χ2n) is 5.30. The molecule has 1 aromatic heterocycles. The van der Waals surface area contributed by atoms with Gasteiger partial charge in [0.15, 0.2) is 0 Å². The summed E-state index contributed by atoms with van der Waals surface area (Å²) in [5.74, 6) is 1.71. The van der Waals surface area contributed by atoms with Crippen molar-refractivity contribution in [2.75, 3.05) is 17.7 Å². The van der Waals surface area contributed by atoms with E-state index in [1.165, 1.54) is 0 Å². The molecule has 0 radical (unpaired) electrons. The van der Waals surface area contributed by atoms with E-state index in [0.717, 1.165) is 17.1 Å². The van der Waals surface area contributed by atoms with Crippen molar-refractivity contribution >= 4 is 46.3 Å². The van der Waals surface area contributed by atoms with E-state index >= 15 is 0 Å². The predicted octanol–water partition coefficient (Wildman–Crippen LogP) is 5.59. The van der Waals surface area contributed by atoms with Gasteiger partial charge >= 0.3 is 0 Å². The first-order valence-corrected chi connectivity index (χ1v) is 8.28. The minimum Gasteiger partial charge on any atom is -0.495 e. The highest BCUT2D eigenvalue weighted by atomic mass is 35.5. The van der Waals surface area contributed by atoms with Crippen molar-refractivity contribution in [3.05, 3.63) is 64.3 Å². The SMILES string of the molecule is COc1ccc(Nc2cc(C)nc(Nc3ccccc3Cl)n2)cc1Cl. The normalized spacial score (nSPS) is 10.4. The smallest absolute Gasteiger partial charge is 0.229 e. The number of ether oxygens (including phenoxy) is 1. The van der Waals surface area contributed by atoms with E-state index in [1.807, 2.05) is 37.3 Å².